The normalized spacial score (nSPS) is 10.8. The molecule has 0 saturated heterocycles. The topological polar surface area (TPSA) is 77.2 Å². The van der Waals surface area contributed by atoms with Crippen LogP contribution in [-0.4, -0.2) is 39.8 Å². The molecule has 0 bridgehead atoms. The molecular formula is C12H15N3O3S. The zero-order chi connectivity index (χ0) is 13.7. The van der Waals surface area contributed by atoms with Gasteiger partial charge >= 0.3 is 5.97 Å². The molecule has 0 fully saturated rings. The zero-order valence-electron chi connectivity index (χ0n) is 10.6. The Morgan fingerprint density at radius 1 is 1.53 bits per heavy atom. The molecule has 2 aromatic rings. The first-order valence-electron chi connectivity index (χ1n) is 5.93. The first-order chi connectivity index (χ1) is 9.24. The first-order valence-corrected chi connectivity index (χ1v) is 6.81. The van der Waals surface area contributed by atoms with Gasteiger partial charge in [0.25, 0.3) is 0 Å². The van der Waals surface area contributed by atoms with Gasteiger partial charge in [0.15, 0.2) is 5.69 Å². The molecule has 1 N–H and O–H groups in total. The predicted octanol–water partition coefficient (Wildman–Crippen LogP) is 2.13. The Bertz CT molecular complexity index is 536. The van der Waals surface area contributed by atoms with Crippen molar-refractivity contribution >= 4 is 17.3 Å². The quantitative estimate of drug-likeness (QED) is 0.787. The maximum atomic E-state index is 11.2. The molecule has 19 heavy (non-hydrogen) atoms. The number of rotatable bonds is 7. The number of methoxy groups -OCH3 is 1. The number of hydrogen-bond acceptors (Lipinski definition) is 5. The van der Waals surface area contributed by atoms with Crippen molar-refractivity contribution in [2.24, 2.45) is 0 Å². The van der Waals surface area contributed by atoms with E-state index in [1.165, 1.54) is 11.3 Å². The van der Waals surface area contributed by atoms with Crippen molar-refractivity contribution in [3.05, 3.63) is 23.2 Å². The molecule has 0 aliphatic rings. The zero-order valence-corrected chi connectivity index (χ0v) is 11.4. The standard InChI is InChI=1S/C12H15N3O3S/c1-18-7-3-2-6-15-11(9-5-4-8-19-9)10(12(16)17)13-14-15/h4-5,8H,2-3,6-7H2,1H3,(H,16,17). The first kappa shape index (κ1) is 13.7. The van der Waals surface area contributed by atoms with Crippen LogP contribution in [0.1, 0.15) is 23.3 Å². The van der Waals surface area contributed by atoms with Crippen LogP contribution in [0.5, 0.6) is 0 Å². The molecule has 0 aliphatic carbocycles. The van der Waals surface area contributed by atoms with Crippen LogP contribution in [0.2, 0.25) is 0 Å². The summed E-state index contributed by atoms with van der Waals surface area (Å²) in [6.07, 6.45) is 1.78. The summed E-state index contributed by atoms with van der Waals surface area (Å²) in [4.78, 5) is 12.0. The van der Waals surface area contributed by atoms with E-state index in [9.17, 15) is 4.79 Å². The van der Waals surface area contributed by atoms with Gasteiger partial charge in [-0.05, 0) is 24.3 Å². The molecular weight excluding hydrogens is 266 g/mol. The number of hydrogen-bond donors (Lipinski definition) is 1. The highest BCUT2D eigenvalue weighted by molar-refractivity contribution is 7.13. The third-order valence-electron chi connectivity index (χ3n) is 2.66. The molecule has 2 aromatic heterocycles. The largest absolute Gasteiger partial charge is 0.476 e. The molecule has 6 nitrogen and oxygen atoms in total. The van der Waals surface area contributed by atoms with Gasteiger partial charge < -0.3 is 9.84 Å². The van der Waals surface area contributed by atoms with Crippen molar-refractivity contribution in [3.8, 4) is 10.6 Å². The highest BCUT2D eigenvalue weighted by atomic mass is 32.1. The maximum absolute atomic E-state index is 11.2. The van der Waals surface area contributed by atoms with Crippen LogP contribution >= 0.6 is 11.3 Å². The lowest BCUT2D eigenvalue weighted by molar-refractivity contribution is 0.0691. The van der Waals surface area contributed by atoms with E-state index in [1.54, 1.807) is 11.8 Å². The van der Waals surface area contributed by atoms with E-state index >= 15 is 0 Å². The summed E-state index contributed by atoms with van der Waals surface area (Å²) in [5.41, 5.74) is 0.592. The number of carboxylic acid groups (broad SMARTS) is 1. The molecule has 102 valence electrons. The van der Waals surface area contributed by atoms with Gasteiger partial charge in [-0.25, -0.2) is 9.48 Å². The maximum Gasteiger partial charge on any atom is 0.358 e. The van der Waals surface area contributed by atoms with Gasteiger partial charge in [0.05, 0.1) is 4.88 Å². The average Bonchev–Trinajstić information content (AvgIpc) is 3.02. The van der Waals surface area contributed by atoms with E-state index in [0.717, 1.165) is 17.7 Å². The highest BCUT2D eigenvalue weighted by Crippen LogP contribution is 2.27. The fraction of sp³-hybridized carbons (Fsp3) is 0.417. The monoisotopic (exact) mass is 281 g/mol. The van der Waals surface area contributed by atoms with Gasteiger partial charge in [0.1, 0.15) is 5.69 Å². The van der Waals surface area contributed by atoms with E-state index in [2.05, 4.69) is 10.3 Å². The summed E-state index contributed by atoms with van der Waals surface area (Å²) in [6, 6.07) is 3.76. The number of aromatic nitrogens is 3. The lowest BCUT2D eigenvalue weighted by atomic mass is 10.2. The minimum absolute atomic E-state index is 0.00851. The van der Waals surface area contributed by atoms with Gasteiger partial charge in [0, 0.05) is 20.3 Å². The van der Waals surface area contributed by atoms with Gasteiger partial charge in [-0.2, -0.15) is 0 Å². The Morgan fingerprint density at radius 3 is 3.00 bits per heavy atom. The number of thiophene rings is 1. The van der Waals surface area contributed by atoms with E-state index in [-0.39, 0.29) is 5.69 Å². The molecule has 2 rings (SSSR count). The van der Waals surface area contributed by atoms with Crippen molar-refractivity contribution in [1.29, 1.82) is 0 Å². The predicted molar refractivity (Wildman–Crippen MR) is 71.4 cm³/mol. The van der Waals surface area contributed by atoms with Crippen molar-refractivity contribution in [3.63, 3.8) is 0 Å². The Balaban J connectivity index is 2.21. The van der Waals surface area contributed by atoms with Gasteiger partial charge in [0.2, 0.25) is 0 Å². The number of aromatic carboxylic acids is 1. The molecule has 2 heterocycles. The second-order valence-electron chi connectivity index (χ2n) is 3.99. The summed E-state index contributed by atoms with van der Waals surface area (Å²) >= 11 is 1.48. The number of carboxylic acids is 1. The van der Waals surface area contributed by atoms with E-state index < -0.39 is 5.97 Å². The number of aryl methyl sites for hydroxylation is 1. The average molecular weight is 281 g/mol. The molecule has 0 aromatic carbocycles. The van der Waals surface area contributed by atoms with Gasteiger partial charge in [-0.15, -0.1) is 16.4 Å². The Morgan fingerprint density at radius 2 is 2.37 bits per heavy atom. The van der Waals surface area contributed by atoms with Crippen molar-refractivity contribution in [2.45, 2.75) is 19.4 Å². The van der Waals surface area contributed by atoms with Gasteiger partial charge in [-0.3, -0.25) is 0 Å². The van der Waals surface area contributed by atoms with Crippen LogP contribution in [0.3, 0.4) is 0 Å². The second-order valence-corrected chi connectivity index (χ2v) is 4.94. The van der Waals surface area contributed by atoms with Crippen LogP contribution in [-0.2, 0) is 11.3 Å². The summed E-state index contributed by atoms with van der Waals surface area (Å²) in [6.45, 7) is 1.33. The molecule has 7 heteroatoms. The fourth-order valence-corrected chi connectivity index (χ4v) is 2.55. The van der Waals surface area contributed by atoms with Crippen molar-refractivity contribution in [1.82, 2.24) is 15.0 Å². The third kappa shape index (κ3) is 3.18. The molecule has 0 atom stereocenters. The summed E-state index contributed by atoms with van der Waals surface area (Å²) in [7, 11) is 1.66. The van der Waals surface area contributed by atoms with Crippen LogP contribution in [0.15, 0.2) is 17.5 Å². The van der Waals surface area contributed by atoms with E-state index in [4.69, 9.17) is 9.84 Å². The smallest absolute Gasteiger partial charge is 0.358 e. The van der Waals surface area contributed by atoms with Crippen LogP contribution in [0, 0.1) is 0 Å². The number of ether oxygens (including phenoxy) is 1. The molecule has 0 aliphatic heterocycles. The third-order valence-corrected chi connectivity index (χ3v) is 3.54. The molecule has 0 unspecified atom stereocenters. The Labute approximate surface area is 114 Å². The number of carbonyl (C=O) groups is 1. The minimum Gasteiger partial charge on any atom is -0.476 e. The Hall–Kier alpha value is -1.73. The molecule has 0 amide bonds. The van der Waals surface area contributed by atoms with Crippen LogP contribution in [0.4, 0.5) is 0 Å². The van der Waals surface area contributed by atoms with Crippen LogP contribution in [0.25, 0.3) is 10.6 Å². The lowest BCUT2D eigenvalue weighted by Gasteiger charge is -2.05. The summed E-state index contributed by atoms with van der Waals surface area (Å²) in [5.74, 6) is -1.05. The SMILES string of the molecule is COCCCCn1nnc(C(=O)O)c1-c1cccs1. The second kappa shape index (κ2) is 6.44. The minimum atomic E-state index is -1.05. The number of nitrogens with zero attached hydrogens (tertiary/aromatic N) is 3. The molecule has 0 radical (unpaired) electrons. The van der Waals surface area contributed by atoms with Crippen molar-refractivity contribution in [2.75, 3.05) is 13.7 Å². The van der Waals surface area contributed by atoms with Crippen molar-refractivity contribution < 1.29 is 14.6 Å². The lowest BCUT2D eigenvalue weighted by Crippen LogP contribution is -2.05. The molecule has 0 saturated carbocycles. The molecule has 0 spiro atoms. The van der Waals surface area contributed by atoms with E-state index in [1.807, 2.05) is 17.5 Å². The van der Waals surface area contributed by atoms with Crippen LogP contribution < -0.4 is 0 Å². The van der Waals surface area contributed by atoms with Gasteiger partial charge in [-0.1, -0.05) is 11.3 Å². The van der Waals surface area contributed by atoms with E-state index in [0.29, 0.717) is 18.8 Å². The highest BCUT2D eigenvalue weighted by Gasteiger charge is 2.20. The Kier molecular flexibility index (Phi) is 4.64. The number of unbranched alkanes of at least 4 members (excludes halogenated alkanes) is 1. The fourth-order valence-electron chi connectivity index (χ4n) is 1.78. The summed E-state index contributed by atoms with van der Waals surface area (Å²) < 4.78 is 6.65. The summed E-state index contributed by atoms with van der Waals surface area (Å²) in [5, 5.41) is 18.8.